The second kappa shape index (κ2) is 5.96. The molecule has 0 aliphatic carbocycles. The number of aryl methyl sites for hydroxylation is 2. The zero-order valence-electron chi connectivity index (χ0n) is 11.0. The number of aliphatic hydroxyl groups is 1. The molecular weight excluding hydrogens is 279 g/mol. The molecule has 0 bridgehead atoms. The van der Waals surface area contributed by atoms with Crippen LogP contribution in [0.1, 0.15) is 28.4 Å². The van der Waals surface area contributed by atoms with E-state index < -0.39 is 6.10 Å². The molecule has 0 heterocycles. The minimum atomic E-state index is -0.619. The van der Waals surface area contributed by atoms with Crippen LogP contribution in [0.4, 0.5) is 0 Å². The maximum atomic E-state index is 10.3. The van der Waals surface area contributed by atoms with Gasteiger partial charge in [-0.05, 0) is 37.1 Å². The van der Waals surface area contributed by atoms with Crippen LogP contribution in [-0.4, -0.2) is 5.11 Å². The van der Waals surface area contributed by atoms with Gasteiger partial charge in [-0.1, -0.05) is 58.6 Å². The number of aliphatic hydroxyl groups excluding tert-OH is 1. The molecule has 2 rings (SSSR count). The van der Waals surface area contributed by atoms with E-state index >= 15 is 0 Å². The lowest BCUT2D eigenvalue weighted by molar-refractivity contribution is 0.178. The minimum absolute atomic E-state index is 0.504. The standard InChI is InChI=1S/C16H16Cl2O/c1-10-5-11(2)7-12(6-10)8-16(19)14-4-3-13(17)9-15(14)18/h3-7,9,16,19H,8H2,1-2H3. The normalized spacial score (nSPS) is 12.5. The molecule has 100 valence electrons. The zero-order valence-corrected chi connectivity index (χ0v) is 12.5. The van der Waals surface area contributed by atoms with E-state index in [0.717, 1.165) is 5.56 Å². The molecule has 0 spiro atoms. The lowest BCUT2D eigenvalue weighted by Crippen LogP contribution is -2.03. The molecule has 2 aromatic rings. The van der Waals surface area contributed by atoms with Crippen molar-refractivity contribution in [2.24, 2.45) is 0 Å². The first kappa shape index (κ1) is 14.4. The summed E-state index contributed by atoms with van der Waals surface area (Å²) in [6.07, 6.45) is -0.0740. The largest absolute Gasteiger partial charge is 0.388 e. The molecule has 0 radical (unpaired) electrons. The van der Waals surface area contributed by atoms with E-state index in [1.54, 1.807) is 18.2 Å². The molecule has 0 saturated carbocycles. The molecule has 0 saturated heterocycles. The van der Waals surface area contributed by atoms with Crippen LogP contribution in [0.15, 0.2) is 36.4 Å². The maximum absolute atomic E-state index is 10.3. The summed E-state index contributed by atoms with van der Waals surface area (Å²) in [5, 5.41) is 11.4. The highest BCUT2D eigenvalue weighted by Gasteiger charge is 2.13. The molecule has 1 nitrogen and oxygen atoms in total. The van der Waals surface area contributed by atoms with Crippen molar-refractivity contribution < 1.29 is 5.11 Å². The lowest BCUT2D eigenvalue weighted by atomic mass is 9.98. The molecule has 0 fully saturated rings. The van der Waals surface area contributed by atoms with Crippen molar-refractivity contribution in [2.75, 3.05) is 0 Å². The van der Waals surface area contributed by atoms with E-state index in [0.29, 0.717) is 22.0 Å². The Hall–Kier alpha value is -1.02. The van der Waals surface area contributed by atoms with E-state index in [2.05, 4.69) is 32.0 Å². The van der Waals surface area contributed by atoms with Gasteiger partial charge in [-0.25, -0.2) is 0 Å². The molecule has 3 heteroatoms. The van der Waals surface area contributed by atoms with Crippen molar-refractivity contribution in [2.45, 2.75) is 26.4 Å². The Morgan fingerprint density at radius 3 is 2.21 bits per heavy atom. The zero-order chi connectivity index (χ0) is 14.0. The van der Waals surface area contributed by atoms with Gasteiger partial charge in [0, 0.05) is 16.5 Å². The van der Waals surface area contributed by atoms with E-state index in [-0.39, 0.29) is 0 Å². The highest BCUT2D eigenvalue weighted by molar-refractivity contribution is 6.35. The minimum Gasteiger partial charge on any atom is -0.388 e. The van der Waals surface area contributed by atoms with Crippen molar-refractivity contribution in [1.29, 1.82) is 0 Å². The number of hydrogen-bond acceptors (Lipinski definition) is 1. The number of hydrogen-bond donors (Lipinski definition) is 1. The smallest absolute Gasteiger partial charge is 0.0844 e. The number of benzene rings is 2. The molecular formula is C16H16Cl2O. The predicted molar refractivity (Wildman–Crippen MR) is 81.0 cm³/mol. The van der Waals surface area contributed by atoms with Gasteiger partial charge in [0.2, 0.25) is 0 Å². The summed E-state index contributed by atoms with van der Waals surface area (Å²) < 4.78 is 0. The van der Waals surface area contributed by atoms with Crippen molar-refractivity contribution >= 4 is 23.2 Å². The number of halogens is 2. The van der Waals surface area contributed by atoms with Gasteiger partial charge < -0.3 is 5.11 Å². The van der Waals surface area contributed by atoms with Crippen molar-refractivity contribution in [1.82, 2.24) is 0 Å². The monoisotopic (exact) mass is 294 g/mol. The first-order valence-electron chi connectivity index (χ1n) is 6.16. The highest BCUT2D eigenvalue weighted by atomic mass is 35.5. The van der Waals surface area contributed by atoms with E-state index in [4.69, 9.17) is 23.2 Å². The Morgan fingerprint density at radius 1 is 1.00 bits per heavy atom. The Kier molecular flexibility index (Phi) is 4.51. The summed E-state index contributed by atoms with van der Waals surface area (Å²) in [5.74, 6) is 0. The summed E-state index contributed by atoms with van der Waals surface area (Å²) in [7, 11) is 0. The van der Waals surface area contributed by atoms with Crippen LogP contribution < -0.4 is 0 Å². The summed E-state index contributed by atoms with van der Waals surface area (Å²) in [6.45, 7) is 4.11. The van der Waals surface area contributed by atoms with Gasteiger partial charge in [0.05, 0.1) is 6.10 Å². The lowest BCUT2D eigenvalue weighted by Gasteiger charge is -2.14. The van der Waals surface area contributed by atoms with Crippen molar-refractivity contribution in [3.05, 3.63) is 68.7 Å². The van der Waals surface area contributed by atoms with Crippen LogP contribution >= 0.6 is 23.2 Å². The molecule has 0 aliphatic heterocycles. The third-order valence-electron chi connectivity index (χ3n) is 3.03. The van der Waals surface area contributed by atoms with Crippen LogP contribution in [0.2, 0.25) is 10.0 Å². The summed E-state index contributed by atoms with van der Waals surface area (Å²) in [6, 6.07) is 11.5. The summed E-state index contributed by atoms with van der Waals surface area (Å²) in [4.78, 5) is 0. The molecule has 0 aromatic heterocycles. The van der Waals surface area contributed by atoms with Crippen LogP contribution in [0, 0.1) is 13.8 Å². The number of rotatable bonds is 3. The Morgan fingerprint density at radius 2 is 1.63 bits per heavy atom. The average Bonchev–Trinajstić information content (AvgIpc) is 2.26. The fourth-order valence-corrected chi connectivity index (χ4v) is 2.83. The van der Waals surface area contributed by atoms with Gasteiger partial charge in [-0.3, -0.25) is 0 Å². The van der Waals surface area contributed by atoms with Crippen LogP contribution in [0.3, 0.4) is 0 Å². The Balaban J connectivity index is 2.22. The van der Waals surface area contributed by atoms with Gasteiger partial charge in [0.25, 0.3) is 0 Å². The second-order valence-corrected chi connectivity index (χ2v) is 5.73. The fourth-order valence-electron chi connectivity index (χ4n) is 2.29. The summed E-state index contributed by atoms with van der Waals surface area (Å²) in [5.41, 5.74) is 4.22. The highest BCUT2D eigenvalue weighted by Crippen LogP contribution is 2.28. The van der Waals surface area contributed by atoms with Gasteiger partial charge >= 0.3 is 0 Å². The summed E-state index contributed by atoms with van der Waals surface area (Å²) >= 11 is 12.0. The average molecular weight is 295 g/mol. The molecule has 1 N–H and O–H groups in total. The SMILES string of the molecule is Cc1cc(C)cc(CC(O)c2ccc(Cl)cc2Cl)c1. The van der Waals surface area contributed by atoms with Crippen molar-refractivity contribution in [3.63, 3.8) is 0 Å². The predicted octanol–water partition coefficient (Wildman–Crippen LogP) is 4.89. The topological polar surface area (TPSA) is 20.2 Å². The van der Waals surface area contributed by atoms with Crippen LogP contribution in [0.25, 0.3) is 0 Å². The molecule has 1 atom stereocenters. The maximum Gasteiger partial charge on any atom is 0.0844 e. The van der Waals surface area contributed by atoms with Gasteiger partial charge in [0.1, 0.15) is 0 Å². The third-order valence-corrected chi connectivity index (χ3v) is 3.59. The van der Waals surface area contributed by atoms with E-state index in [9.17, 15) is 5.11 Å². The molecule has 19 heavy (non-hydrogen) atoms. The quantitative estimate of drug-likeness (QED) is 0.855. The van der Waals surface area contributed by atoms with Gasteiger partial charge in [-0.2, -0.15) is 0 Å². The third kappa shape index (κ3) is 3.73. The van der Waals surface area contributed by atoms with Crippen LogP contribution in [0.5, 0.6) is 0 Å². The Labute approximate surface area is 123 Å². The fraction of sp³-hybridized carbons (Fsp3) is 0.250. The molecule has 0 amide bonds. The Bertz CT molecular complexity index is 573. The van der Waals surface area contributed by atoms with Crippen LogP contribution in [-0.2, 0) is 6.42 Å². The first-order valence-corrected chi connectivity index (χ1v) is 6.91. The van der Waals surface area contributed by atoms with Gasteiger partial charge in [-0.15, -0.1) is 0 Å². The van der Waals surface area contributed by atoms with Crippen molar-refractivity contribution in [3.8, 4) is 0 Å². The molecule has 2 aromatic carbocycles. The van der Waals surface area contributed by atoms with Gasteiger partial charge in [0.15, 0.2) is 0 Å². The van der Waals surface area contributed by atoms with E-state index in [1.807, 2.05) is 0 Å². The van der Waals surface area contributed by atoms with E-state index in [1.165, 1.54) is 11.1 Å². The second-order valence-electron chi connectivity index (χ2n) is 4.88. The molecule has 0 aliphatic rings. The first-order chi connectivity index (χ1) is 8.95. The molecule has 1 unspecified atom stereocenters.